The van der Waals surface area contributed by atoms with Gasteiger partial charge < -0.3 is 5.32 Å². The van der Waals surface area contributed by atoms with Crippen LogP contribution >= 0.6 is 11.3 Å². The van der Waals surface area contributed by atoms with Crippen molar-refractivity contribution >= 4 is 11.3 Å². The van der Waals surface area contributed by atoms with Crippen molar-refractivity contribution in [3.05, 3.63) is 28.8 Å². The molecule has 0 bridgehead atoms. The Labute approximate surface area is 100 Å². The van der Waals surface area contributed by atoms with Crippen LogP contribution < -0.4 is 5.32 Å². The lowest BCUT2D eigenvalue weighted by Gasteiger charge is -1.99. The third-order valence-electron chi connectivity index (χ3n) is 2.75. The van der Waals surface area contributed by atoms with Crippen molar-refractivity contribution < 1.29 is 0 Å². The fourth-order valence-corrected chi connectivity index (χ4v) is 2.78. The molecule has 86 valence electrons. The van der Waals surface area contributed by atoms with Gasteiger partial charge in [-0.3, -0.25) is 4.68 Å². The molecule has 0 radical (unpaired) electrons. The van der Waals surface area contributed by atoms with Crippen LogP contribution in [0.1, 0.15) is 11.3 Å². The molecule has 2 aromatic rings. The van der Waals surface area contributed by atoms with E-state index in [0.29, 0.717) is 0 Å². The van der Waals surface area contributed by atoms with Gasteiger partial charge in [-0.15, -0.1) is 11.3 Å². The van der Waals surface area contributed by atoms with Crippen molar-refractivity contribution in [3.63, 3.8) is 0 Å². The molecule has 0 aromatic carbocycles. The smallest absolute Gasteiger partial charge is 0.0810 e. The summed E-state index contributed by atoms with van der Waals surface area (Å²) in [5.74, 6) is 0. The molecular weight excluding hydrogens is 218 g/mol. The predicted octanol–water partition coefficient (Wildman–Crippen LogP) is 2.22. The van der Waals surface area contributed by atoms with Crippen LogP contribution in [-0.4, -0.2) is 23.4 Å². The molecule has 2 rings (SSSR count). The third-order valence-corrected chi connectivity index (χ3v) is 3.63. The SMILES string of the molecule is CNCCc1nn(C)c(-c2cccs2)c1C. The zero-order chi connectivity index (χ0) is 11.5. The molecule has 0 aliphatic carbocycles. The lowest BCUT2D eigenvalue weighted by molar-refractivity contribution is 0.720. The highest BCUT2D eigenvalue weighted by Gasteiger charge is 2.13. The van der Waals surface area contributed by atoms with Crippen LogP contribution in [0.2, 0.25) is 0 Å². The summed E-state index contributed by atoms with van der Waals surface area (Å²) in [6, 6.07) is 4.23. The van der Waals surface area contributed by atoms with Crippen molar-refractivity contribution in [2.75, 3.05) is 13.6 Å². The molecule has 4 heteroatoms. The molecule has 0 saturated carbocycles. The van der Waals surface area contributed by atoms with Gasteiger partial charge in [-0.25, -0.2) is 0 Å². The number of hydrogen-bond donors (Lipinski definition) is 1. The average molecular weight is 235 g/mol. The highest BCUT2D eigenvalue weighted by atomic mass is 32.1. The molecule has 2 heterocycles. The van der Waals surface area contributed by atoms with E-state index >= 15 is 0 Å². The first-order chi connectivity index (χ1) is 7.74. The fraction of sp³-hybridized carbons (Fsp3) is 0.417. The van der Waals surface area contributed by atoms with E-state index in [9.17, 15) is 0 Å². The summed E-state index contributed by atoms with van der Waals surface area (Å²) in [5.41, 5.74) is 3.75. The lowest BCUT2D eigenvalue weighted by Crippen LogP contribution is -2.11. The summed E-state index contributed by atoms with van der Waals surface area (Å²) >= 11 is 1.77. The Morgan fingerprint density at radius 2 is 2.31 bits per heavy atom. The van der Waals surface area contributed by atoms with Crippen LogP contribution in [0.15, 0.2) is 17.5 Å². The Bertz CT molecular complexity index is 457. The van der Waals surface area contributed by atoms with Crippen molar-refractivity contribution in [2.24, 2.45) is 7.05 Å². The zero-order valence-corrected chi connectivity index (χ0v) is 10.8. The first kappa shape index (κ1) is 11.4. The van der Waals surface area contributed by atoms with Crippen LogP contribution in [0.25, 0.3) is 10.6 Å². The summed E-state index contributed by atoms with van der Waals surface area (Å²) in [6.45, 7) is 3.13. The maximum absolute atomic E-state index is 4.59. The van der Waals surface area contributed by atoms with Gasteiger partial charge in [-0.05, 0) is 31.0 Å². The van der Waals surface area contributed by atoms with Crippen molar-refractivity contribution in [1.29, 1.82) is 0 Å². The van der Waals surface area contributed by atoms with Gasteiger partial charge in [0.1, 0.15) is 0 Å². The number of aromatic nitrogens is 2. The summed E-state index contributed by atoms with van der Waals surface area (Å²) in [6.07, 6.45) is 0.988. The van der Waals surface area contributed by atoms with Crippen LogP contribution in [0.3, 0.4) is 0 Å². The van der Waals surface area contributed by atoms with Crippen molar-refractivity contribution in [3.8, 4) is 10.6 Å². The van der Waals surface area contributed by atoms with E-state index in [2.05, 4.69) is 34.9 Å². The molecule has 0 amide bonds. The van der Waals surface area contributed by atoms with Gasteiger partial charge in [0, 0.05) is 20.0 Å². The van der Waals surface area contributed by atoms with E-state index < -0.39 is 0 Å². The number of hydrogen-bond acceptors (Lipinski definition) is 3. The normalized spacial score (nSPS) is 10.9. The third kappa shape index (κ3) is 2.03. The Morgan fingerprint density at radius 3 is 2.94 bits per heavy atom. The van der Waals surface area contributed by atoms with E-state index in [1.54, 1.807) is 11.3 Å². The monoisotopic (exact) mass is 235 g/mol. The molecule has 0 fully saturated rings. The summed E-state index contributed by atoms with van der Waals surface area (Å²) < 4.78 is 1.99. The highest BCUT2D eigenvalue weighted by molar-refractivity contribution is 7.13. The quantitative estimate of drug-likeness (QED) is 0.880. The van der Waals surface area contributed by atoms with Crippen molar-refractivity contribution in [1.82, 2.24) is 15.1 Å². The molecule has 16 heavy (non-hydrogen) atoms. The molecular formula is C12H17N3S. The standard InChI is InChI=1S/C12H17N3S/c1-9-10(6-7-13-2)14-15(3)12(9)11-5-4-8-16-11/h4-5,8,13H,6-7H2,1-3H3. The van der Waals surface area contributed by atoms with Gasteiger partial charge in [0.05, 0.1) is 16.3 Å². The van der Waals surface area contributed by atoms with Gasteiger partial charge in [-0.1, -0.05) is 6.07 Å². The average Bonchev–Trinajstić information content (AvgIpc) is 2.85. The lowest BCUT2D eigenvalue weighted by atomic mass is 10.1. The maximum atomic E-state index is 4.59. The van der Waals surface area contributed by atoms with Gasteiger partial charge in [-0.2, -0.15) is 5.10 Å². The highest BCUT2D eigenvalue weighted by Crippen LogP contribution is 2.29. The molecule has 1 N–H and O–H groups in total. The first-order valence-corrected chi connectivity index (χ1v) is 6.33. The zero-order valence-electron chi connectivity index (χ0n) is 9.95. The van der Waals surface area contributed by atoms with Crippen LogP contribution in [0.5, 0.6) is 0 Å². The van der Waals surface area contributed by atoms with Crippen LogP contribution in [0.4, 0.5) is 0 Å². The largest absolute Gasteiger partial charge is 0.319 e. The molecule has 3 nitrogen and oxygen atoms in total. The number of thiophene rings is 1. The molecule has 0 unspecified atom stereocenters. The minimum Gasteiger partial charge on any atom is -0.319 e. The molecule has 2 aromatic heterocycles. The number of rotatable bonds is 4. The molecule has 0 aliphatic rings. The number of nitrogens with one attached hydrogen (secondary N) is 1. The molecule has 0 saturated heterocycles. The Morgan fingerprint density at radius 1 is 1.50 bits per heavy atom. The minimum atomic E-state index is 0.974. The van der Waals surface area contributed by atoms with E-state index in [0.717, 1.165) is 13.0 Å². The number of nitrogens with zero attached hydrogens (tertiary/aromatic N) is 2. The second kappa shape index (κ2) is 4.80. The molecule has 0 aliphatic heterocycles. The Balaban J connectivity index is 2.36. The van der Waals surface area contributed by atoms with Gasteiger partial charge in [0.15, 0.2) is 0 Å². The minimum absolute atomic E-state index is 0.974. The maximum Gasteiger partial charge on any atom is 0.0810 e. The number of aryl methyl sites for hydroxylation is 1. The van der Waals surface area contributed by atoms with Crippen LogP contribution in [0, 0.1) is 6.92 Å². The summed E-state index contributed by atoms with van der Waals surface area (Å²) in [5, 5.41) is 9.85. The second-order valence-electron chi connectivity index (χ2n) is 3.87. The summed E-state index contributed by atoms with van der Waals surface area (Å²) in [7, 11) is 3.99. The molecule has 0 spiro atoms. The Kier molecular flexibility index (Phi) is 3.41. The summed E-state index contributed by atoms with van der Waals surface area (Å²) in [4.78, 5) is 1.29. The predicted molar refractivity (Wildman–Crippen MR) is 68.9 cm³/mol. The Hall–Kier alpha value is -1.13. The number of likely N-dealkylation sites (N-methyl/N-ethyl adjacent to an activating group) is 1. The van der Waals surface area contributed by atoms with Gasteiger partial charge in [0.2, 0.25) is 0 Å². The van der Waals surface area contributed by atoms with Gasteiger partial charge in [0.25, 0.3) is 0 Å². The first-order valence-electron chi connectivity index (χ1n) is 5.45. The second-order valence-corrected chi connectivity index (χ2v) is 4.82. The van der Waals surface area contributed by atoms with E-state index in [1.165, 1.54) is 21.8 Å². The van der Waals surface area contributed by atoms with Gasteiger partial charge >= 0.3 is 0 Å². The molecule has 0 atom stereocenters. The topological polar surface area (TPSA) is 29.9 Å². The van der Waals surface area contributed by atoms with E-state index in [-0.39, 0.29) is 0 Å². The van der Waals surface area contributed by atoms with Crippen LogP contribution in [-0.2, 0) is 13.5 Å². The van der Waals surface area contributed by atoms with E-state index in [1.807, 2.05) is 18.8 Å². The van der Waals surface area contributed by atoms with E-state index in [4.69, 9.17) is 0 Å². The fourth-order valence-electron chi connectivity index (χ4n) is 1.92. The van der Waals surface area contributed by atoms with Crippen molar-refractivity contribution in [2.45, 2.75) is 13.3 Å².